The summed E-state index contributed by atoms with van der Waals surface area (Å²) in [5.41, 5.74) is 3.65. The number of anilines is 1. The first kappa shape index (κ1) is 12.6. The van der Waals surface area contributed by atoms with Crippen molar-refractivity contribution >= 4 is 50.0 Å². The number of carbonyl (C=O) groups excluding carboxylic acids is 2. The molecule has 3 rings (SSSR count). The van der Waals surface area contributed by atoms with Crippen LogP contribution in [-0.4, -0.2) is 27.8 Å². The van der Waals surface area contributed by atoms with Crippen molar-refractivity contribution < 1.29 is 9.59 Å². The van der Waals surface area contributed by atoms with E-state index in [4.69, 9.17) is 0 Å². The van der Waals surface area contributed by atoms with Crippen LogP contribution in [0.5, 0.6) is 0 Å². The van der Waals surface area contributed by atoms with Crippen molar-refractivity contribution in [1.82, 2.24) is 4.98 Å². The van der Waals surface area contributed by atoms with Gasteiger partial charge >= 0.3 is 0 Å². The summed E-state index contributed by atoms with van der Waals surface area (Å²) in [6.07, 6.45) is 0.435. The molecule has 19 heavy (non-hydrogen) atoms. The first-order valence-corrected chi connectivity index (χ1v) is 7.70. The monoisotopic (exact) mass is 292 g/mol. The van der Waals surface area contributed by atoms with Gasteiger partial charge in [-0.2, -0.15) is 0 Å². The molecule has 98 valence electrons. The Hall–Kier alpha value is -1.40. The SMILES string of the molecule is CC(=O)SC1CC(=O)N(c2ccc3ncsc3c2)C1. The van der Waals surface area contributed by atoms with Crippen LogP contribution in [0.25, 0.3) is 10.2 Å². The molecule has 1 aliphatic rings. The zero-order valence-electron chi connectivity index (χ0n) is 10.3. The Kier molecular flexibility index (Phi) is 3.28. The van der Waals surface area contributed by atoms with Gasteiger partial charge in [-0.05, 0) is 18.2 Å². The Bertz CT molecular complexity index is 653. The van der Waals surface area contributed by atoms with E-state index in [0.29, 0.717) is 13.0 Å². The highest BCUT2D eigenvalue weighted by Crippen LogP contribution is 2.31. The lowest BCUT2D eigenvalue weighted by molar-refractivity contribution is -0.117. The van der Waals surface area contributed by atoms with Crippen LogP contribution in [-0.2, 0) is 9.59 Å². The van der Waals surface area contributed by atoms with Gasteiger partial charge in [-0.15, -0.1) is 11.3 Å². The molecule has 1 aliphatic heterocycles. The van der Waals surface area contributed by atoms with E-state index in [1.165, 1.54) is 11.8 Å². The molecule has 1 aromatic heterocycles. The Balaban J connectivity index is 1.85. The molecule has 6 heteroatoms. The van der Waals surface area contributed by atoms with Gasteiger partial charge in [-0.3, -0.25) is 9.59 Å². The fourth-order valence-corrected chi connectivity index (χ4v) is 3.88. The average Bonchev–Trinajstić information content (AvgIpc) is 2.93. The fourth-order valence-electron chi connectivity index (χ4n) is 2.25. The van der Waals surface area contributed by atoms with Crippen molar-refractivity contribution in [2.45, 2.75) is 18.6 Å². The number of hydrogen-bond acceptors (Lipinski definition) is 5. The number of benzene rings is 1. The fraction of sp³-hybridized carbons (Fsp3) is 0.308. The summed E-state index contributed by atoms with van der Waals surface area (Å²) >= 11 is 2.82. The molecule has 1 fully saturated rings. The van der Waals surface area contributed by atoms with Crippen molar-refractivity contribution in [3.05, 3.63) is 23.7 Å². The second kappa shape index (κ2) is 4.94. The summed E-state index contributed by atoms with van der Waals surface area (Å²) in [6, 6.07) is 5.84. The molecule has 2 heterocycles. The van der Waals surface area contributed by atoms with E-state index >= 15 is 0 Å². The lowest BCUT2D eigenvalue weighted by atomic mass is 10.3. The molecule has 1 amide bonds. The molecule has 4 nitrogen and oxygen atoms in total. The second-order valence-electron chi connectivity index (χ2n) is 4.44. The number of rotatable bonds is 2. The zero-order chi connectivity index (χ0) is 13.4. The minimum Gasteiger partial charge on any atom is -0.311 e. The highest BCUT2D eigenvalue weighted by Gasteiger charge is 2.31. The maximum absolute atomic E-state index is 12.0. The number of fused-ring (bicyclic) bond motifs is 1. The van der Waals surface area contributed by atoms with Crippen LogP contribution < -0.4 is 4.90 Å². The second-order valence-corrected chi connectivity index (χ2v) is 6.81. The molecule has 2 aromatic rings. The van der Waals surface area contributed by atoms with Crippen LogP contribution in [0.4, 0.5) is 5.69 Å². The van der Waals surface area contributed by atoms with Crippen molar-refractivity contribution in [1.29, 1.82) is 0 Å². The van der Waals surface area contributed by atoms with E-state index < -0.39 is 0 Å². The maximum Gasteiger partial charge on any atom is 0.228 e. The third-order valence-corrected chi connectivity index (χ3v) is 4.82. The van der Waals surface area contributed by atoms with Crippen LogP contribution in [0.1, 0.15) is 13.3 Å². The largest absolute Gasteiger partial charge is 0.311 e. The standard InChI is InChI=1S/C13H12N2O2S2/c1-8(16)19-10-5-13(17)15(6-10)9-2-3-11-12(4-9)18-7-14-11/h2-4,7,10H,5-6H2,1H3. The van der Waals surface area contributed by atoms with Gasteiger partial charge in [-0.1, -0.05) is 11.8 Å². The molecule has 0 radical (unpaired) electrons. The molecule has 1 unspecified atom stereocenters. The predicted molar refractivity (Wildman–Crippen MR) is 78.7 cm³/mol. The van der Waals surface area contributed by atoms with E-state index in [2.05, 4.69) is 4.98 Å². The number of hydrogen-bond donors (Lipinski definition) is 0. The van der Waals surface area contributed by atoms with Crippen LogP contribution in [0.3, 0.4) is 0 Å². The number of nitrogens with zero attached hydrogens (tertiary/aromatic N) is 2. The molecule has 1 atom stereocenters. The zero-order valence-corrected chi connectivity index (χ0v) is 12.0. The average molecular weight is 292 g/mol. The summed E-state index contributed by atoms with van der Waals surface area (Å²) in [5.74, 6) is 0.0858. The topological polar surface area (TPSA) is 50.3 Å². The quantitative estimate of drug-likeness (QED) is 0.854. The van der Waals surface area contributed by atoms with E-state index in [1.54, 1.807) is 28.7 Å². The number of thiazole rings is 1. The summed E-state index contributed by atoms with van der Waals surface area (Å²) < 4.78 is 1.08. The van der Waals surface area contributed by atoms with Crippen molar-refractivity contribution in [2.24, 2.45) is 0 Å². The summed E-state index contributed by atoms with van der Waals surface area (Å²) in [6.45, 7) is 2.15. The Morgan fingerprint density at radius 1 is 1.53 bits per heavy atom. The lowest BCUT2D eigenvalue weighted by Gasteiger charge is -2.16. The number of carbonyl (C=O) groups is 2. The lowest BCUT2D eigenvalue weighted by Crippen LogP contribution is -2.24. The maximum atomic E-state index is 12.0. The van der Waals surface area contributed by atoms with E-state index in [1.807, 2.05) is 18.2 Å². The minimum atomic E-state index is 0.0672. The van der Waals surface area contributed by atoms with Gasteiger partial charge < -0.3 is 4.90 Å². The third kappa shape index (κ3) is 2.50. The number of thioether (sulfide) groups is 1. The van der Waals surface area contributed by atoms with Gasteiger partial charge in [0, 0.05) is 30.8 Å². The Morgan fingerprint density at radius 2 is 2.37 bits per heavy atom. The van der Waals surface area contributed by atoms with E-state index in [9.17, 15) is 9.59 Å². The molecule has 0 aliphatic carbocycles. The summed E-state index contributed by atoms with van der Waals surface area (Å²) in [7, 11) is 0. The molecular formula is C13H12N2O2S2. The smallest absolute Gasteiger partial charge is 0.228 e. The van der Waals surface area contributed by atoms with Crippen molar-refractivity contribution in [3.8, 4) is 0 Å². The van der Waals surface area contributed by atoms with Gasteiger partial charge in [0.15, 0.2) is 5.12 Å². The molecule has 0 saturated carbocycles. The first-order chi connectivity index (χ1) is 9.13. The van der Waals surface area contributed by atoms with Gasteiger partial charge in [-0.25, -0.2) is 4.98 Å². The predicted octanol–water partition coefficient (Wildman–Crippen LogP) is 2.68. The summed E-state index contributed by atoms with van der Waals surface area (Å²) in [4.78, 5) is 29.1. The molecule has 1 saturated heterocycles. The van der Waals surface area contributed by atoms with Gasteiger partial charge in [0.25, 0.3) is 0 Å². The molecule has 0 N–H and O–H groups in total. The van der Waals surface area contributed by atoms with Crippen molar-refractivity contribution in [2.75, 3.05) is 11.4 Å². The van der Waals surface area contributed by atoms with Crippen molar-refractivity contribution in [3.63, 3.8) is 0 Å². The Labute approximate surface area is 118 Å². The van der Waals surface area contributed by atoms with Crippen LogP contribution >= 0.6 is 23.1 Å². The highest BCUT2D eigenvalue weighted by atomic mass is 32.2. The molecule has 1 aromatic carbocycles. The highest BCUT2D eigenvalue weighted by molar-refractivity contribution is 8.14. The minimum absolute atomic E-state index is 0.0672. The molecule has 0 spiro atoms. The third-order valence-electron chi connectivity index (χ3n) is 3.05. The van der Waals surface area contributed by atoms with Crippen LogP contribution in [0.2, 0.25) is 0 Å². The molecular weight excluding hydrogens is 280 g/mol. The van der Waals surface area contributed by atoms with Gasteiger partial charge in [0.1, 0.15) is 0 Å². The normalized spacial score (nSPS) is 19.3. The van der Waals surface area contributed by atoms with Gasteiger partial charge in [0.2, 0.25) is 5.91 Å². The van der Waals surface area contributed by atoms with Crippen LogP contribution in [0, 0.1) is 0 Å². The Morgan fingerprint density at radius 3 is 3.16 bits per heavy atom. The first-order valence-electron chi connectivity index (χ1n) is 5.94. The van der Waals surface area contributed by atoms with E-state index in [-0.39, 0.29) is 16.3 Å². The molecule has 0 bridgehead atoms. The number of aromatic nitrogens is 1. The van der Waals surface area contributed by atoms with Gasteiger partial charge in [0.05, 0.1) is 15.7 Å². The van der Waals surface area contributed by atoms with E-state index in [0.717, 1.165) is 15.9 Å². The van der Waals surface area contributed by atoms with Crippen LogP contribution in [0.15, 0.2) is 23.7 Å². The summed E-state index contributed by atoms with van der Waals surface area (Å²) in [5, 5.41) is 0.139. The number of amides is 1.